The number of nitrogens with two attached hydrogens (primary N) is 1. The Morgan fingerprint density at radius 1 is 1.18 bits per heavy atom. The number of hydrogen-bond donors (Lipinski definition) is 2. The molecular formula is C23H26N2O6S2. The van der Waals surface area contributed by atoms with Crippen molar-refractivity contribution in [1.82, 2.24) is 4.90 Å². The van der Waals surface area contributed by atoms with Crippen LogP contribution in [0.5, 0.6) is 0 Å². The van der Waals surface area contributed by atoms with Crippen LogP contribution < -0.4 is 5.73 Å². The molecule has 1 amide bonds. The Labute approximate surface area is 197 Å². The van der Waals surface area contributed by atoms with Crippen molar-refractivity contribution < 1.29 is 27.3 Å². The summed E-state index contributed by atoms with van der Waals surface area (Å²) in [4.78, 5) is 26.2. The highest BCUT2D eigenvalue weighted by atomic mass is 32.2. The maximum atomic E-state index is 12.6. The molecule has 8 nitrogen and oxygen atoms in total. The molecule has 2 aliphatic heterocycles. The molecule has 0 radical (unpaired) electrons. The number of carbonyl (C=O) groups excluding carboxylic acids is 2. The van der Waals surface area contributed by atoms with E-state index in [-0.39, 0.29) is 33.5 Å². The first-order valence-electron chi connectivity index (χ1n) is 10.6. The Bertz CT molecular complexity index is 1130. The second-order valence-corrected chi connectivity index (χ2v) is 11.4. The molecule has 1 aliphatic carbocycles. The van der Waals surface area contributed by atoms with Crippen LogP contribution in [0.2, 0.25) is 0 Å². The minimum atomic E-state index is -4.02. The van der Waals surface area contributed by atoms with E-state index in [9.17, 15) is 18.0 Å². The second kappa shape index (κ2) is 9.09. The summed E-state index contributed by atoms with van der Waals surface area (Å²) in [5.41, 5.74) is 7.78. The first-order chi connectivity index (χ1) is 15.6. The zero-order valence-corrected chi connectivity index (χ0v) is 19.7. The van der Waals surface area contributed by atoms with E-state index in [0.29, 0.717) is 0 Å². The van der Waals surface area contributed by atoms with Gasteiger partial charge >= 0.3 is 5.97 Å². The SMILES string of the molecule is Cc1ccc(S(=O)(=O)O)cc1.NC1C(=O)N2C(C(=O)OCc3ccccc3)C3(CCC3)S[C@@H]12. The number of aryl methyl sites for hydroxylation is 1. The van der Waals surface area contributed by atoms with Gasteiger partial charge in [0.2, 0.25) is 5.91 Å². The van der Waals surface area contributed by atoms with Crippen LogP contribution in [-0.2, 0) is 31.1 Å². The van der Waals surface area contributed by atoms with Crippen molar-refractivity contribution in [3.8, 4) is 0 Å². The van der Waals surface area contributed by atoms with Crippen molar-refractivity contribution in [3.05, 3.63) is 65.7 Å². The number of β-lactam (4-membered cyclic amide) rings is 1. The van der Waals surface area contributed by atoms with Crippen molar-refractivity contribution in [2.45, 2.75) is 59.9 Å². The van der Waals surface area contributed by atoms with Crippen LogP contribution in [0.1, 0.15) is 30.4 Å². The predicted octanol–water partition coefficient (Wildman–Crippen LogP) is 2.51. The van der Waals surface area contributed by atoms with Crippen LogP contribution >= 0.6 is 11.8 Å². The zero-order chi connectivity index (χ0) is 23.8. The minimum Gasteiger partial charge on any atom is -0.459 e. The Morgan fingerprint density at radius 2 is 1.82 bits per heavy atom. The van der Waals surface area contributed by atoms with Crippen LogP contribution in [0.3, 0.4) is 0 Å². The van der Waals surface area contributed by atoms with Gasteiger partial charge in [0.05, 0.1) is 4.90 Å². The van der Waals surface area contributed by atoms with E-state index in [4.69, 9.17) is 15.0 Å². The first kappa shape index (κ1) is 23.7. The van der Waals surface area contributed by atoms with E-state index in [2.05, 4.69) is 0 Å². The summed E-state index contributed by atoms with van der Waals surface area (Å²) in [7, 11) is -4.02. The van der Waals surface area contributed by atoms with E-state index in [0.717, 1.165) is 30.4 Å². The Morgan fingerprint density at radius 3 is 2.36 bits per heavy atom. The number of ether oxygens (including phenoxy) is 1. The molecule has 2 aromatic carbocycles. The number of thioether (sulfide) groups is 1. The Kier molecular flexibility index (Phi) is 6.54. The third-order valence-electron chi connectivity index (χ3n) is 6.22. The molecule has 10 heteroatoms. The van der Waals surface area contributed by atoms with E-state index in [1.165, 1.54) is 12.1 Å². The molecular weight excluding hydrogens is 464 g/mol. The molecule has 3 atom stereocenters. The number of fused-ring (bicyclic) bond motifs is 1. The summed E-state index contributed by atoms with van der Waals surface area (Å²) in [5, 5.41) is -0.0536. The summed E-state index contributed by atoms with van der Waals surface area (Å²) >= 11 is 1.70. The van der Waals surface area contributed by atoms with Gasteiger partial charge in [-0.1, -0.05) is 54.4 Å². The lowest BCUT2D eigenvalue weighted by molar-refractivity contribution is -0.165. The molecule has 0 bridgehead atoms. The van der Waals surface area contributed by atoms with Gasteiger partial charge < -0.3 is 15.4 Å². The zero-order valence-electron chi connectivity index (χ0n) is 18.1. The molecule has 3 N–H and O–H groups in total. The molecule has 2 saturated heterocycles. The fourth-order valence-electron chi connectivity index (χ4n) is 4.24. The van der Waals surface area contributed by atoms with Crippen LogP contribution in [-0.4, -0.2) is 52.0 Å². The van der Waals surface area contributed by atoms with Crippen molar-refractivity contribution in [1.29, 1.82) is 0 Å². The molecule has 2 heterocycles. The number of rotatable bonds is 4. The lowest BCUT2D eigenvalue weighted by Gasteiger charge is -2.44. The van der Waals surface area contributed by atoms with E-state index >= 15 is 0 Å². The monoisotopic (exact) mass is 490 g/mol. The molecule has 2 aromatic rings. The van der Waals surface area contributed by atoms with Crippen LogP contribution in [0.4, 0.5) is 0 Å². The predicted molar refractivity (Wildman–Crippen MR) is 124 cm³/mol. The quantitative estimate of drug-likeness (QED) is 0.380. The molecule has 1 saturated carbocycles. The normalized spacial score (nSPS) is 24.8. The lowest BCUT2D eigenvalue weighted by atomic mass is 9.77. The average molecular weight is 491 g/mol. The van der Waals surface area contributed by atoms with Gasteiger partial charge in [-0.05, 0) is 37.5 Å². The highest BCUT2D eigenvalue weighted by molar-refractivity contribution is 8.01. The van der Waals surface area contributed by atoms with Crippen LogP contribution in [0.15, 0.2) is 59.5 Å². The van der Waals surface area contributed by atoms with E-state index in [1.54, 1.807) is 28.8 Å². The maximum Gasteiger partial charge on any atom is 0.330 e. The summed E-state index contributed by atoms with van der Waals surface area (Å²) in [6.07, 6.45) is 3.00. The number of carbonyl (C=O) groups is 2. The minimum absolute atomic E-state index is 0.0536. The summed E-state index contributed by atoms with van der Waals surface area (Å²) < 4.78 is 34.9. The molecule has 0 aromatic heterocycles. The first-order valence-corrected chi connectivity index (χ1v) is 12.9. The smallest absolute Gasteiger partial charge is 0.330 e. The van der Waals surface area contributed by atoms with Crippen molar-refractivity contribution in [3.63, 3.8) is 0 Å². The number of benzene rings is 2. The fourth-order valence-corrected chi connectivity index (χ4v) is 6.66. The summed E-state index contributed by atoms with van der Waals surface area (Å²) in [5.74, 6) is -0.415. The summed E-state index contributed by atoms with van der Waals surface area (Å²) in [6.45, 7) is 2.09. The second-order valence-electron chi connectivity index (χ2n) is 8.48. The summed E-state index contributed by atoms with van der Waals surface area (Å²) in [6, 6.07) is 14.6. The Hall–Kier alpha value is -2.40. The number of amides is 1. The van der Waals surface area contributed by atoms with Gasteiger partial charge in [-0.25, -0.2) is 4.79 Å². The molecule has 1 spiro atoms. The number of hydrogen-bond acceptors (Lipinski definition) is 7. The maximum absolute atomic E-state index is 12.6. The topological polar surface area (TPSA) is 127 Å². The molecule has 33 heavy (non-hydrogen) atoms. The highest BCUT2D eigenvalue weighted by Crippen LogP contribution is 2.59. The molecule has 3 aliphatic rings. The number of nitrogens with zero attached hydrogens (tertiary/aromatic N) is 1. The van der Waals surface area contributed by atoms with E-state index < -0.39 is 22.2 Å². The van der Waals surface area contributed by atoms with Gasteiger partial charge in [-0.3, -0.25) is 9.35 Å². The van der Waals surface area contributed by atoms with Gasteiger partial charge in [0.1, 0.15) is 24.1 Å². The molecule has 176 valence electrons. The Balaban J connectivity index is 0.000000200. The van der Waals surface area contributed by atoms with Gasteiger partial charge in [0, 0.05) is 4.75 Å². The lowest BCUT2D eigenvalue weighted by Crippen LogP contribution is -2.69. The van der Waals surface area contributed by atoms with Crippen LogP contribution in [0, 0.1) is 6.92 Å². The van der Waals surface area contributed by atoms with Gasteiger partial charge in [-0.15, -0.1) is 11.8 Å². The van der Waals surface area contributed by atoms with Gasteiger partial charge in [0.15, 0.2) is 0 Å². The number of esters is 1. The molecule has 3 fully saturated rings. The molecule has 2 unspecified atom stereocenters. The highest BCUT2D eigenvalue weighted by Gasteiger charge is 2.67. The standard InChI is InChI=1S/C16H18N2O3S.C7H8O3S/c17-11-13(19)18-12(16(7-4-8-16)22-14(11)18)15(20)21-9-10-5-2-1-3-6-10;1-6-2-4-7(5-3-6)11(8,9)10/h1-3,5-6,11-12,14H,4,7-9,17H2;2-5H,1H3,(H,8,9,10)/t11?,12?,14-;/m0./s1. The third kappa shape index (κ3) is 4.65. The van der Waals surface area contributed by atoms with Gasteiger partial charge in [-0.2, -0.15) is 8.42 Å². The van der Waals surface area contributed by atoms with Crippen molar-refractivity contribution in [2.24, 2.45) is 5.73 Å². The fraction of sp³-hybridized carbons (Fsp3) is 0.391. The van der Waals surface area contributed by atoms with Crippen LogP contribution in [0.25, 0.3) is 0 Å². The average Bonchev–Trinajstić information content (AvgIpc) is 3.11. The third-order valence-corrected chi connectivity index (χ3v) is 8.95. The van der Waals surface area contributed by atoms with Gasteiger partial charge in [0.25, 0.3) is 10.1 Å². The largest absolute Gasteiger partial charge is 0.459 e. The van der Waals surface area contributed by atoms with E-state index in [1.807, 2.05) is 37.3 Å². The molecule has 5 rings (SSSR count). The van der Waals surface area contributed by atoms with Crippen molar-refractivity contribution >= 4 is 33.8 Å². The van der Waals surface area contributed by atoms with Crippen molar-refractivity contribution in [2.75, 3.05) is 0 Å².